The molecule has 6 aromatic carbocycles. The third kappa shape index (κ3) is 3.28. The van der Waals surface area contributed by atoms with Gasteiger partial charge in [0, 0.05) is 37.5 Å². The second-order valence-electron chi connectivity index (χ2n) is 10.4. The summed E-state index contributed by atoms with van der Waals surface area (Å²) < 4.78 is 8.37. The lowest BCUT2D eigenvalue weighted by molar-refractivity contribution is 0.669. The second kappa shape index (κ2) is 8.40. The van der Waals surface area contributed by atoms with Crippen molar-refractivity contribution in [2.24, 2.45) is 0 Å². The van der Waals surface area contributed by atoms with Gasteiger partial charge in [-0.3, -0.25) is 4.57 Å². The highest BCUT2D eigenvalue weighted by molar-refractivity contribution is 6.32. The van der Waals surface area contributed by atoms with Gasteiger partial charge in [-0.05, 0) is 53.2 Å². The normalized spacial score (nSPS) is 12.0. The van der Waals surface area contributed by atoms with Crippen LogP contribution < -0.4 is 0 Å². The van der Waals surface area contributed by atoms with Crippen molar-refractivity contribution in [2.75, 3.05) is 0 Å². The number of halogens is 1. The van der Waals surface area contributed by atoms with Gasteiger partial charge in [0.15, 0.2) is 0 Å². The van der Waals surface area contributed by atoms with Gasteiger partial charge in [-0.25, -0.2) is 9.97 Å². The Labute approximate surface area is 239 Å². The minimum atomic E-state index is 0.598. The van der Waals surface area contributed by atoms with Crippen LogP contribution in [-0.4, -0.2) is 14.5 Å². The number of nitrogens with zero attached hydrogens (tertiary/aromatic N) is 3. The van der Waals surface area contributed by atoms with Crippen molar-refractivity contribution in [3.63, 3.8) is 0 Å². The van der Waals surface area contributed by atoms with Crippen molar-refractivity contribution >= 4 is 77.0 Å². The van der Waals surface area contributed by atoms with E-state index in [9.17, 15) is 0 Å². The maximum absolute atomic E-state index is 6.57. The Hall–Kier alpha value is -5.19. The maximum atomic E-state index is 6.57. The fourth-order valence-corrected chi connectivity index (χ4v) is 6.40. The second-order valence-corrected chi connectivity index (χ2v) is 10.8. The smallest absolute Gasteiger partial charge is 0.235 e. The molecule has 0 radical (unpaired) electrons. The molecular weight excluding hydrogens is 526 g/mol. The van der Waals surface area contributed by atoms with Gasteiger partial charge >= 0.3 is 0 Å². The van der Waals surface area contributed by atoms with Gasteiger partial charge in [-0.15, -0.1) is 0 Å². The van der Waals surface area contributed by atoms with Crippen LogP contribution in [0.25, 0.3) is 82.6 Å². The molecule has 0 atom stereocenters. The van der Waals surface area contributed by atoms with Crippen LogP contribution in [0.5, 0.6) is 0 Å². The summed E-state index contributed by atoms with van der Waals surface area (Å²) >= 11 is 6.57. The van der Waals surface area contributed by atoms with Crippen molar-refractivity contribution in [3.8, 4) is 17.2 Å². The molecule has 0 unspecified atom stereocenters. The zero-order chi connectivity index (χ0) is 27.1. The number of aromatic nitrogens is 3. The fourth-order valence-electron chi connectivity index (χ4n) is 6.23. The standard InChI is InChI=1S/C36H20ClN3O/c37-23-15-17-28-31(20-23)40(30-18-14-21-7-1-2-8-24(21)34(28)30)36-38-29-11-5-3-10-27(29)35(39-36)22-13-16-26-25-9-4-6-12-32(25)41-33(26)19-22/h1-20H. The Morgan fingerprint density at radius 2 is 1.32 bits per heavy atom. The number of hydrogen-bond donors (Lipinski definition) is 0. The highest BCUT2D eigenvalue weighted by atomic mass is 35.5. The van der Waals surface area contributed by atoms with E-state index in [0.29, 0.717) is 11.0 Å². The molecule has 0 aliphatic heterocycles. The number of para-hydroxylation sites is 2. The first kappa shape index (κ1) is 22.6. The monoisotopic (exact) mass is 545 g/mol. The first-order valence-electron chi connectivity index (χ1n) is 13.5. The lowest BCUT2D eigenvalue weighted by Gasteiger charge is -2.12. The summed E-state index contributed by atoms with van der Waals surface area (Å²) in [7, 11) is 0. The molecule has 0 amide bonds. The van der Waals surface area contributed by atoms with Crippen LogP contribution >= 0.6 is 11.6 Å². The molecule has 9 aromatic rings. The molecule has 0 N–H and O–H groups in total. The van der Waals surface area contributed by atoms with Crippen LogP contribution in [0.3, 0.4) is 0 Å². The number of rotatable bonds is 2. The quantitative estimate of drug-likeness (QED) is 0.217. The summed E-state index contributed by atoms with van der Waals surface area (Å²) in [6, 6.07) is 41.5. The molecular formula is C36H20ClN3O. The lowest BCUT2D eigenvalue weighted by Crippen LogP contribution is -2.03. The summed E-state index contributed by atoms with van der Waals surface area (Å²) in [4.78, 5) is 10.3. The van der Waals surface area contributed by atoms with Gasteiger partial charge < -0.3 is 4.42 Å². The first-order chi connectivity index (χ1) is 20.2. The molecule has 3 aromatic heterocycles. The minimum absolute atomic E-state index is 0.598. The molecule has 0 spiro atoms. The van der Waals surface area contributed by atoms with Crippen LogP contribution in [0.2, 0.25) is 5.02 Å². The molecule has 9 rings (SSSR count). The van der Waals surface area contributed by atoms with E-state index in [-0.39, 0.29) is 0 Å². The van der Waals surface area contributed by atoms with E-state index in [2.05, 4.69) is 77.4 Å². The molecule has 0 aliphatic carbocycles. The Bertz CT molecular complexity index is 2510. The predicted molar refractivity (Wildman–Crippen MR) is 169 cm³/mol. The Morgan fingerprint density at radius 3 is 2.24 bits per heavy atom. The van der Waals surface area contributed by atoms with E-state index in [1.165, 1.54) is 10.8 Å². The molecule has 5 heteroatoms. The molecule has 192 valence electrons. The average molecular weight is 546 g/mol. The Kier molecular flexibility index (Phi) is 4.63. The minimum Gasteiger partial charge on any atom is -0.456 e. The largest absolute Gasteiger partial charge is 0.456 e. The van der Waals surface area contributed by atoms with Crippen molar-refractivity contribution in [3.05, 3.63) is 126 Å². The fraction of sp³-hybridized carbons (Fsp3) is 0. The predicted octanol–water partition coefficient (Wildman–Crippen LogP) is 10.1. The highest BCUT2D eigenvalue weighted by Crippen LogP contribution is 2.39. The van der Waals surface area contributed by atoms with E-state index in [1.54, 1.807) is 0 Å². The average Bonchev–Trinajstić information content (AvgIpc) is 3.55. The maximum Gasteiger partial charge on any atom is 0.235 e. The number of hydrogen-bond acceptors (Lipinski definition) is 3. The van der Waals surface area contributed by atoms with E-state index in [0.717, 1.165) is 65.9 Å². The SMILES string of the molecule is Clc1ccc2c3c4ccccc4ccc3n(-c3nc(-c4ccc5c(c4)oc4ccccc45)c4ccccc4n3)c2c1. The van der Waals surface area contributed by atoms with Crippen molar-refractivity contribution in [2.45, 2.75) is 0 Å². The molecule has 3 heterocycles. The summed E-state index contributed by atoms with van der Waals surface area (Å²) in [5.74, 6) is 0.598. The summed E-state index contributed by atoms with van der Waals surface area (Å²) in [6.45, 7) is 0. The van der Waals surface area contributed by atoms with Crippen LogP contribution in [0.15, 0.2) is 126 Å². The molecule has 4 nitrogen and oxygen atoms in total. The van der Waals surface area contributed by atoms with Gasteiger partial charge in [-0.1, -0.05) is 90.5 Å². The van der Waals surface area contributed by atoms with Gasteiger partial charge in [-0.2, -0.15) is 0 Å². The lowest BCUT2D eigenvalue weighted by atomic mass is 10.0. The summed E-state index contributed by atoms with van der Waals surface area (Å²) in [5, 5.41) is 8.50. The Morgan fingerprint density at radius 1 is 0.561 bits per heavy atom. The van der Waals surface area contributed by atoms with Gasteiger partial charge in [0.2, 0.25) is 5.95 Å². The van der Waals surface area contributed by atoms with Gasteiger partial charge in [0.05, 0.1) is 22.2 Å². The first-order valence-corrected chi connectivity index (χ1v) is 13.9. The topological polar surface area (TPSA) is 43.9 Å². The molecule has 0 saturated heterocycles. The third-order valence-electron chi connectivity index (χ3n) is 8.06. The van der Waals surface area contributed by atoms with E-state index >= 15 is 0 Å². The zero-order valence-corrected chi connectivity index (χ0v) is 22.4. The zero-order valence-electron chi connectivity index (χ0n) is 21.7. The molecule has 0 aliphatic rings. The van der Waals surface area contributed by atoms with Crippen LogP contribution in [-0.2, 0) is 0 Å². The van der Waals surface area contributed by atoms with E-state index < -0.39 is 0 Å². The van der Waals surface area contributed by atoms with Crippen molar-refractivity contribution < 1.29 is 4.42 Å². The van der Waals surface area contributed by atoms with Gasteiger partial charge in [0.25, 0.3) is 0 Å². The van der Waals surface area contributed by atoms with Crippen LogP contribution in [0.1, 0.15) is 0 Å². The molecule has 0 saturated carbocycles. The number of benzene rings is 6. The van der Waals surface area contributed by atoms with Gasteiger partial charge in [0.1, 0.15) is 11.2 Å². The van der Waals surface area contributed by atoms with Crippen LogP contribution in [0.4, 0.5) is 0 Å². The summed E-state index contributed by atoms with van der Waals surface area (Å²) in [5.41, 5.74) is 6.42. The molecule has 0 bridgehead atoms. The molecule has 0 fully saturated rings. The van der Waals surface area contributed by atoms with Crippen molar-refractivity contribution in [1.29, 1.82) is 0 Å². The van der Waals surface area contributed by atoms with E-state index in [4.69, 9.17) is 26.0 Å². The van der Waals surface area contributed by atoms with Crippen molar-refractivity contribution in [1.82, 2.24) is 14.5 Å². The number of fused-ring (bicyclic) bond motifs is 9. The number of furan rings is 1. The highest BCUT2D eigenvalue weighted by Gasteiger charge is 2.19. The van der Waals surface area contributed by atoms with Crippen LogP contribution in [0, 0.1) is 0 Å². The Balaban J connectivity index is 1.38. The van der Waals surface area contributed by atoms with E-state index in [1.807, 2.05) is 48.5 Å². The third-order valence-corrected chi connectivity index (χ3v) is 8.30. The summed E-state index contributed by atoms with van der Waals surface area (Å²) in [6.07, 6.45) is 0. The molecule has 41 heavy (non-hydrogen) atoms.